The van der Waals surface area contributed by atoms with Gasteiger partial charge in [-0.15, -0.1) is 0 Å². The minimum Gasteiger partial charge on any atom is -0.480 e. The number of carboxylic acid groups (broad SMARTS) is 6. The van der Waals surface area contributed by atoms with E-state index < -0.39 is 59.7 Å². The van der Waals surface area contributed by atoms with Crippen LogP contribution in [0.15, 0.2) is 121 Å². The normalized spacial score (nSPS) is 16.0. The molecule has 7 rings (SSSR count). The van der Waals surface area contributed by atoms with Gasteiger partial charge in [0.1, 0.15) is 0 Å². The van der Waals surface area contributed by atoms with E-state index in [2.05, 4.69) is 21.6 Å². The van der Waals surface area contributed by atoms with Gasteiger partial charge in [-0.1, -0.05) is 121 Å². The summed E-state index contributed by atoms with van der Waals surface area (Å²) in [5.41, 5.74) is 22.3. The fraction of sp³-hybridized carbons (Fsp3) is 0.465. The maximum atomic E-state index is 13.0. The number of nitrogens with two attached hydrogens (primary N) is 2. The maximum Gasteiger partial charge on any atom is 0.317 e. The number of hydrogen-bond acceptors (Lipinski definition) is 22. The average Bonchev–Trinajstić information content (AvgIpc) is 0.843. The largest absolute Gasteiger partial charge is 0.480 e. The first-order valence-electron chi connectivity index (χ1n) is 34.0. The summed E-state index contributed by atoms with van der Waals surface area (Å²) in [6.07, 6.45) is 1.52. The number of carbonyl (C=O) groups excluding carboxylic acids is 4. The van der Waals surface area contributed by atoms with Crippen molar-refractivity contribution >= 4 is 70.2 Å². The predicted molar refractivity (Wildman–Crippen MR) is 387 cm³/mol. The zero-order valence-electron chi connectivity index (χ0n) is 58.6. The number of fused-ring (bicyclic) bond motifs is 1. The smallest absolute Gasteiger partial charge is 0.317 e. The molecule has 0 aliphatic carbocycles. The SMILES string of the molecule is N[C@H](CCc1ccccc1)C(=O)NOCc1ccc(CNC(=O)CN2CCN(CC(=O)O)CCN(CC(=O)O)CCN(CC(=O)O)CC2)cc1.N[C@H](Cc1ccc2ccccc2c1)C(=O)NOCc1ccc(CNC(=O)CN2CCN(CC(=O)O)CCN(CC(=O)O)CCN(CC(=O)O)CC2)cc1.[Gd].[Gd].[HH].[HH].[HH].[HH]. The van der Waals surface area contributed by atoms with Crippen LogP contribution in [0.5, 0.6) is 0 Å². The third-order valence-corrected chi connectivity index (χ3v) is 17.1. The molecule has 32 nitrogen and oxygen atoms in total. The number of hydroxylamine groups is 2. The molecule has 2 aliphatic heterocycles. The Bertz CT molecular complexity index is 3500. The van der Waals surface area contributed by atoms with Gasteiger partial charge in [-0.25, -0.2) is 11.0 Å². The number of benzene rings is 5. The Hall–Kier alpha value is -6.77. The number of aryl methyl sites for hydroxylation is 1. The van der Waals surface area contributed by atoms with Gasteiger partial charge in [0.15, 0.2) is 0 Å². The standard InChI is InChI=1S/C37H49N7O9.C34H49N7O9.2Gd.4H2/c38-32(20-29-9-10-30-3-1-2-4-31(30)19-29)37(52)40-53-26-28-7-5-27(6-8-28)21-39-33(45)22-41-11-13-42(23-34(46)47)15-17-44(25-36(50)51)18-16-43(14-12-41)24-35(48)49;35-29(11-10-26-4-2-1-3-5-26)34(49)37-50-25-28-8-6-27(7-9-28)20-36-30(42)21-38-12-14-39(22-31(43)44)16-18-41(24-33(47)48)19-17-40(15-13-38)23-32(45)46;;;;;;/h1-10,19,32H,11-18,20-26,38H2,(H,39,45)(H,40,52)(H,46,47)(H,48,49)(H,50,51);1-9,29H,10-25,35H2,(H,36,42)(H,37,49)(H,43,44)(H,45,46)(H,47,48);;;4*1H/t32-;29-;;;;;;/m11....../s1. The molecule has 105 heavy (non-hydrogen) atoms. The molecule has 2 saturated heterocycles. The minimum absolute atomic E-state index is 0. The van der Waals surface area contributed by atoms with Crippen molar-refractivity contribution < 1.29 is 174 Å². The molecule has 34 heteroatoms. The van der Waals surface area contributed by atoms with Gasteiger partial charge in [-0.3, -0.25) is 96.8 Å². The molecule has 2 aliphatic rings. The second kappa shape index (κ2) is 50.0. The van der Waals surface area contributed by atoms with Crippen LogP contribution in [-0.4, -0.2) is 298 Å². The molecule has 0 spiro atoms. The number of carboxylic acids is 6. The molecule has 0 bridgehead atoms. The first-order chi connectivity index (χ1) is 49.4. The van der Waals surface area contributed by atoms with E-state index in [0.717, 1.165) is 44.2 Å². The van der Waals surface area contributed by atoms with Crippen molar-refractivity contribution in [2.24, 2.45) is 11.5 Å². The monoisotopic (exact) mass is 1760 g/mol. The Balaban J connectivity index is 0.00000203. The minimum atomic E-state index is -1.02. The van der Waals surface area contributed by atoms with Crippen LogP contribution in [-0.2, 0) is 96.8 Å². The zero-order chi connectivity index (χ0) is 74.5. The van der Waals surface area contributed by atoms with Crippen LogP contribution in [0.1, 0.15) is 45.5 Å². The van der Waals surface area contributed by atoms with Crippen LogP contribution in [0.3, 0.4) is 0 Å². The van der Waals surface area contributed by atoms with E-state index in [1.165, 1.54) is 0 Å². The van der Waals surface area contributed by atoms with E-state index in [9.17, 15) is 78.6 Å². The van der Waals surface area contributed by atoms with Crippen LogP contribution in [0, 0.1) is 79.9 Å². The van der Waals surface area contributed by atoms with Gasteiger partial charge in [-0.2, -0.15) is 0 Å². The average molecular weight is 1760 g/mol. The molecule has 5 aromatic carbocycles. The van der Waals surface area contributed by atoms with E-state index in [1.807, 2.05) is 131 Å². The first kappa shape index (κ1) is 90.6. The van der Waals surface area contributed by atoms with Gasteiger partial charge in [0.05, 0.1) is 77.7 Å². The third-order valence-electron chi connectivity index (χ3n) is 17.1. The number of hydrogen-bond donors (Lipinski definition) is 12. The molecular weight excluding hydrogens is 1650 g/mol. The van der Waals surface area contributed by atoms with E-state index in [-0.39, 0.29) is 176 Å². The summed E-state index contributed by atoms with van der Waals surface area (Å²) in [5, 5.41) is 64.3. The molecule has 14 N–H and O–H groups in total. The van der Waals surface area contributed by atoms with Crippen molar-refractivity contribution in [1.29, 1.82) is 0 Å². The summed E-state index contributed by atoms with van der Waals surface area (Å²) in [6.45, 7) is 4.42. The van der Waals surface area contributed by atoms with Crippen LogP contribution in [0.25, 0.3) is 10.8 Å². The number of aliphatic carboxylic acids is 6. The van der Waals surface area contributed by atoms with Crippen LogP contribution >= 0.6 is 0 Å². The van der Waals surface area contributed by atoms with Gasteiger partial charge in [0, 0.05) is 203 Å². The van der Waals surface area contributed by atoms with Crippen LogP contribution < -0.4 is 33.1 Å². The molecular formula is C71H106Gd2N14O18. The topological polar surface area (TPSA) is 437 Å². The van der Waals surface area contributed by atoms with E-state index in [0.29, 0.717) is 124 Å². The van der Waals surface area contributed by atoms with Crippen molar-refractivity contribution in [2.75, 3.05) is 157 Å². The van der Waals surface area contributed by atoms with Gasteiger partial charge in [0.2, 0.25) is 11.8 Å². The number of nitrogens with zero attached hydrogens (tertiary/aromatic N) is 8. The molecule has 5 aromatic rings. The summed E-state index contributed by atoms with van der Waals surface area (Å²) in [7, 11) is 0. The van der Waals surface area contributed by atoms with Crippen LogP contribution in [0.4, 0.5) is 0 Å². The Morgan fingerprint density at radius 1 is 0.352 bits per heavy atom. The molecule has 0 saturated carbocycles. The maximum absolute atomic E-state index is 13.0. The quantitative estimate of drug-likeness (QED) is 0.0252. The summed E-state index contributed by atoms with van der Waals surface area (Å²) < 4.78 is 0. The number of rotatable bonds is 33. The van der Waals surface area contributed by atoms with Gasteiger partial charge >= 0.3 is 35.8 Å². The van der Waals surface area contributed by atoms with E-state index >= 15 is 0 Å². The number of nitrogens with one attached hydrogen (secondary N) is 4. The summed E-state index contributed by atoms with van der Waals surface area (Å²) >= 11 is 0. The second-order valence-corrected chi connectivity index (χ2v) is 25.4. The third kappa shape index (κ3) is 38.0. The number of amides is 4. The second-order valence-electron chi connectivity index (χ2n) is 25.4. The van der Waals surface area contributed by atoms with Crippen molar-refractivity contribution in [3.63, 3.8) is 0 Å². The Kier molecular flexibility index (Phi) is 43.1. The van der Waals surface area contributed by atoms with Crippen molar-refractivity contribution in [1.82, 2.24) is 60.8 Å². The molecule has 4 amide bonds. The van der Waals surface area contributed by atoms with E-state index in [4.69, 9.17) is 21.1 Å². The zero-order valence-corrected chi connectivity index (χ0v) is 63.2. The Labute approximate surface area is 680 Å². The molecule has 0 unspecified atom stereocenters. The van der Waals surface area contributed by atoms with Gasteiger partial charge in [0.25, 0.3) is 11.8 Å². The molecule has 0 radical (unpaired) electrons. The summed E-state index contributed by atoms with van der Waals surface area (Å²) in [6, 6.07) is 36.9. The molecule has 2 fully saturated rings. The molecule has 2 heterocycles. The van der Waals surface area contributed by atoms with Crippen molar-refractivity contribution in [3.05, 3.63) is 155 Å². The first-order valence-corrected chi connectivity index (χ1v) is 34.0. The van der Waals surface area contributed by atoms with Crippen molar-refractivity contribution in [2.45, 2.75) is 57.6 Å². The Morgan fingerprint density at radius 3 is 0.971 bits per heavy atom. The Morgan fingerprint density at radius 2 is 0.638 bits per heavy atom. The van der Waals surface area contributed by atoms with E-state index in [1.54, 1.807) is 29.4 Å². The summed E-state index contributed by atoms with van der Waals surface area (Å²) in [5.74, 6) is -7.44. The fourth-order valence-corrected chi connectivity index (χ4v) is 11.3. The molecule has 0 aromatic heterocycles. The van der Waals surface area contributed by atoms with Gasteiger partial charge in [-0.05, 0) is 63.4 Å². The van der Waals surface area contributed by atoms with Crippen LogP contribution in [0.2, 0.25) is 0 Å². The fourth-order valence-electron chi connectivity index (χ4n) is 11.3. The van der Waals surface area contributed by atoms with Crippen molar-refractivity contribution in [3.8, 4) is 0 Å². The van der Waals surface area contributed by atoms with Gasteiger partial charge < -0.3 is 52.7 Å². The molecule has 584 valence electrons. The summed E-state index contributed by atoms with van der Waals surface area (Å²) in [4.78, 5) is 144. The number of carbonyl (C=O) groups is 10. The molecule has 2 atom stereocenters. The predicted octanol–water partition coefficient (Wildman–Crippen LogP) is 0.319.